The molecule has 0 aliphatic carbocycles. The van der Waals surface area contributed by atoms with Gasteiger partial charge in [-0.3, -0.25) is 4.98 Å². The SMILES string of the molecule is CCCNC(c1ccc(F)cc1C)c1ncccc1F. The molecule has 1 aromatic heterocycles. The van der Waals surface area contributed by atoms with Crippen molar-refractivity contribution < 1.29 is 8.78 Å². The van der Waals surface area contributed by atoms with Gasteiger partial charge in [-0.25, -0.2) is 8.78 Å². The maximum absolute atomic E-state index is 14.0. The highest BCUT2D eigenvalue weighted by Crippen LogP contribution is 2.25. The average Bonchev–Trinajstić information content (AvgIpc) is 2.42. The third kappa shape index (κ3) is 3.20. The van der Waals surface area contributed by atoms with Crippen molar-refractivity contribution in [3.8, 4) is 0 Å². The molecule has 2 nitrogen and oxygen atoms in total. The molecule has 0 fully saturated rings. The Hall–Kier alpha value is -1.81. The second kappa shape index (κ2) is 6.57. The van der Waals surface area contributed by atoms with Gasteiger partial charge in [0.15, 0.2) is 0 Å². The topological polar surface area (TPSA) is 24.9 Å². The lowest BCUT2D eigenvalue weighted by molar-refractivity contribution is 0.529. The number of aromatic nitrogens is 1. The number of benzene rings is 1. The number of hydrogen-bond acceptors (Lipinski definition) is 2. The highest BCUT2D eigenvalue weighted by Gasteiger charge is 2.20. The first-order chi connectivity index (χ1) is 9.63. The molecule has 4 heteroatoms. The molecule has 1 unspecified atom stereocenters. The average molecular weight is 276 g/mol. The molecule has 20 heavy (non-hydrogen) atoms. The zero-order valence-electron chi connectivity index (χ0n) is 11.7. The number of rotatable bonds is 5. The summed E-state index contributed by atoms with van der Waals surface area (Å²) < 4.78 is 27.2. The third-order valence-corrected chi connectivity index (χ3v) is 3.20. The van der Waals surface area contributed by atoms with Crippen LogP contribution in [0, 0.1) is 18.6 Å². The first-order valence-electron chi connectivity index (χ1n) is 6.73. The summed E-state index contributed by atoms with van der Waals surface area (Å²) >= 11 is 0. The van der Waals surface area contributed by atoms with Crippen molar-refractivity contribution in [3.05, 3.63) is 65.0 Å². The van der Waals surface area contributed by atoms with Gasteiger partial charge in [0.05, 0.1) is 11.7 Å². The second-order valence-corrected chi connectivity index (χ2v) is 4.76. The molecule has 0 saturated carbocycles. The van der Waals surface area contributed by atoms with Gasteiger partial charge < -0.3 is 5.32 Å². The molecule has 2 aromatic rings. The molecule has 106 valence electrons. The summed E-state index contributed by atoms with van der Waals surface area (Å²) in [5.74, 6) is -0.646. The van der Waals surface area contributed by atoms with E-state index in [9.17, 15) is 8.78 Å². The Morgan fingerprint density at radius 3 is 2.70 bits per heavy atom. The van der Waals surface area contributed by atoms with Gasteiger partial charge in [0.2, 0.25) is 0 Å². The van der Waals surface area contributed by atoms with E-state index in [4.69, 9.17) is 0 Å². The second-order valence-electron chi connectivity index (χ2n) is 4.76. The van der Waals surface area contributed by atoms with Crippen LogP contribution in [0.3, 0.4) is 0 Å². The van der Waals surface area contributed by atoms with Crippen LogP contribution in [0.2, 0.25) is 0 Å². The van der Waals surface area contributed by atoms with E-state index in [1.807, 2.05) is 13.8 Å². The van der Waals surface area contributed by atoms with Crippen LogP contribution >= 0.6 is 0 Å². The summed E-state index contributed by atoms with van der Waals surface area (Å²) in [6, 6.07) is 7.12. The molecular formula is C16H18F2N2. The summed E-state index contributed by atoms with van der Waals surface area (Å²) in [6.45, 7) is 4.59. The van der Waals surface area contributed by atoms with E-state index in [1.54, 1.807) is 18.3 Å². The Labute approximate surface area is 117 Å². The number of nitrogens with zero attached hydrogens (tertiary/aromatic N) is 1. The van der Waals surface area contributed by atoms with E-state index >= 15 is 0 Å². The van der Waals surface area contributed by atoms with Gasteiger partial charge in [-0.2, -0.15) is 0 Å². The van der Waals surface area contributed by atoms with Crippen LogP contribution in [0.1, 0.15) is 36.2 Å². The van der Waals surface area contributed by atoms with Crippen LogP contribution in [0.15, 0.2) is 36.5 Å². The van der Waals surface area contributed by atoms with Crippen molar-refractivity contribution in [2.24, 2.45) is 0 Å². The maximum Gasteiger partial charge on any atom is 0.146 e. The van der Waals surface area contributed by atoms with Crippen LogP contribution in [0.5, 0.6) is 0 Å². The monoisotopic (exact) mass is 276 g/mol. The largest absolute Gasteiger partial charge is 0.305 e. The number of nitrogens with one attached hydrogen (secondary N) is 1. The fraction of sp³-hybridized carbons (Fsp3) is 0.312. The van der Waals surface area contributed by atoms with Crippen LogP contribution in [0.25, 0.3) is 0 Å². The van der Waals surface area contributed by atoms with Gasteiger partial charge in [-0.15, -0.1) is 0 Å². The normalized spacial score (nSPS) is 12.4. The molecule has 1 N–H and O–H groups in total. The number of pyridine rings is 1. The minimum atomic E-state index is -0.364. The molecule has 0 aliphatic heterocycles. The van der Waals surface area contributed by atoms with E-state index in [0.717, 1.165) is 24.1 Å². The fourth-order valence-corrected chi connectivity index (χ4v) is 2.22. The molecule has 2 rings (SSSR count). The lowest BCUT2D eigenvalue weighted by Crippen LogP contribution is -2.25. The summed E-state index contributed by atoms with van der Waals surface area (Å²) in [6.07, 6.45) is 2.49. The van der Waals surface area contributed by atoms with Crippen molar-refractivity contribution in [2.45, 2.75) is 26.3 Å². The fourth-order valence-electron chi connectivity index (χ4n) is 2.22. The molecule has 0 bridgehead atoms. The molecule has 0 amide bonds. The van der Waals surface area contributed by atoms with Crippen LogP contribution in [-0.2, 0) is 0 Å². The third-order valence-electron chi connectivity index (χ3n) is 3.20. The van der Waals surface area contributed by atoms with Gasteiger partial charge >= 0.3 is 0 Å². The molecule has 1 heterocycles. The summed E-state index contributed by atoms with van der Waals surface area (Å²) in [4.78, 5) is 4.14. The van der Waals surface area contributed by atoms with Crippen molar-refractivity contribution in [3.63, 3.8) is 0 Å². The Morgan fingerprint density at radius 1 is 1.25 bits per heavy atom. The van der Waals surface area contributed by atoms with Crippen molar-refractivity contribution in [2.75, 3.05) is 6.54 Å². The maximum atomic E-state index is 14.0. The van der Waals surface area contributed by atoms with Gasteiger partial charge in [0.25, 0.3) is 0 Å². The van der Waals surface area contributed by atoms with Crippen LogP contribution in [-0.4, -0.2) is 11.5 Å². The highest BCUT2D eigenvalue weighted by atomic mass is 19.1. The quantitative estimate of drug-likeness (QED) is 0.899. The van der Waals surface area contributed by atoms with Gasteiger partial charge in [-0.05, 0) is 55.3 Å². The van der Waals surface area contributed by atoms with E-state index in [1.165, 1.54) is 18.2 Å². The van der Waals surface area contributed by atoms with E-state index in [2.05, 4.69) is 10.3 Å². The number of halogens is 2. The summed E-state index contributed by atoms with van der Waals surface area (Å²) in [7, 11) is 0. The Balaban J connectivity index is 2.44. The molecular weight excluding hydrogens is 258 g/mol. The summed E-state index contributed by atoms with van der Waals surface area (Å²) in [5, 5.41) is 3.28. The molecule has 0 saturated heterocycles. The molecule has 1 aromatic carbocycles. The van der Waals surface area contributed by atoms with E-state index in [0.29, 0.717) is 5.69 Å². The Morgan fingerprint density at radius 2 is 2.05 bits per heavy atom. The van der Waals surface area contributed by atoms with Crippen LogP contribution < -0.4 is 5.32 Å². The van der Waals surface area contributed by atoms with Crippen LogP contribution in [0.4, 0.5) is 8.78 Å². The summed E-state index contributed by atoms with van der Waals surface area (Å²) in [5.41, 5.74) is 1.97. The highest BCUT2D eigenvalue weighted by molar-refractivity contribution is 5.35. The number of aryl methyl sites for hydroxylation is 1. The predicted molar refractivity (Wildman–Crippen MR) is 75.5 cm³/mol. The molecule has 0 radical (unpaired) electrons. The lowest BCUT2D eigenvalue weighted by atomic mass is 9.97. The van der Waals surface area contributed by atoms with Gasteiger partial charge in [-0.1, -0.05) is 13.0 Å². The number of hydrogen-bond donors (Lipinski definition) is 1. The van der Waals surface area contributed by atoms with Crippen molar-refractivity contribution in [1.82, 2.24) is 10.3 Å². The first-order valence-corrected chi connectivity index (χ1v) is 6.73. The predicted octanol–water partition coefficient (Wildman–Crippen LogP) is 3.76. The molecule has 0 spiro atoms. The first kappa shape index (κ1) is 14.6. The Kier molecular flexibility index (Phi) is 4.79. The van der Waals surface area contributed by atoms with Crippen molar-refractivity contribution >= 4 is 0 Å². The molecule has 0 aliphatic rings. The smallest absolute Gasteiger partial charge is 0.146 e. The van der Waals surface area contributed by atoms with E-state index < -0.39 is 0 Å². The molecule has 1 atom stereocenters. The van der Waals surface area contributed by atoms with Gasteiger partial charge in [0, 0.05) is 6.20 Å². The minimum Gasteiger partial charge on any atom is -0.305 e. The van der Waals surface area contributed by atoms with Crippen molar-refractivity contribution in [1.29, 1.82) is 0 Å². The van der Waals surface area contributed by atoms with Gasteiger partial charge in [0.1, 0.15) is 11.6 Å². The minimum absolute atomic E-state index is 0.290. The zero-order valence-corrected chi connectivity index (χ0v) is 11.7. The lowest BCUT2D eigenvalue weighted by Gasteiger charge is -2.21. The zero-order chi connectivity index (χ0) is 14.5. The van der Waals surface area contributed by atoms with E-state index in [-0.39, 0.29) is 17.7 Å². The standard InChI is InChI=1S/C16H18F2N2/c1-3-8-19-15(16-14(18)5-4-9-20-16)13-7-6-12(17)10-11(13)2/h4-7,9-10,15,19H,3,8H2,1-2H3. The Bertz CT molecular complexity index is 584.